The van der Waals surface area contributed by atoms with Crippen molar-refractivity contribution in [2.45, 2.75) is 257 Å². The van der Waals surface area contributed by atoms with Gasteiger partial charge < -0.3 is 34.2 Å². The van der Waals surface area contributed by atoms with E-state index in [2.05, 4.69) is 106 Å². The summed E-state index contributed by atoms with van der Waals surface area (Å²) in [6.07, 6.45) is 58.0. The molecular weight excluding hydrogens is 1070 g/mol. The van der Waals surface area contributed by atoms with E-state index in [0.717, 1.165) is 167 Å². The highest BCUT2D eigenvalue weighted by Gasteiger charge is 2.29. The molecule has 0 aliphatic rings. The van der Waals surface area contributed by atoms with Gasteiger partial charge in [-0.2, -0.15) is 0 Å². The maximum atomic E-state index is 12.8. The SMILES string of the molecule is CC/C=C\C/C=C\C/C=C\CCCCCCCCCC(=O)OCC(O)COP(=O)(O)OCC(O)COP(=O)(O)OCC(COC(=O)CCCCCCCCC/C=C\C/C=C\C/C=C\CC)OC(=O)CCCCCCC/C=C\CCCC. The lowest BCUT2D eigenvalue weighted by atomic mass is 10.1. The lowest BCUT2D eigenvalue weighted by Crippen LogP contribution is -2.30. The number of carbonyl (C=O) groups is 3. The maximum Gasteiger partial charge on any atom is 0.472 e. The fraction of sp³-hybridized carbons (Fsp3) is 0.730. The Hall–Kier alpha value is -3.27. The van der Waals surface area contributed by atoms with Gasteiger partial charge in [0.1, 0.15) is 25.4 Å². The third kappa shape index (κ3) is 58.3. The Labute approximate surface area is 489 Å². The number of esters is 3. The molecule has 0 aromatic carbocycles. The van der Waals surface area contributed by atoms with Crippen LogP contribution in [-0.2, 0) is 55.8 Å². The predicted octanol–water partition coefficient (Wildman–Crippen LogP) is 16.2. The summed E-state index contributed by atoms with van der Waals surface area (Å²) in [4.78, 5) is 58.1. The molecule has 0 aliphatic heterocycles. The first kappa shape index (κ1) is 77.7. The van der Waals surface area contributed by atoms with Crippen molar-refractivity contribution in [1.29, 1.82) is 0 Å². The Balaban J connectivity index is 4.65. The van der Waals surface area contributed by atoms with E-state index in [1.165, 1.54) is 12.8 Å². The Morgan fingerprint density at radius 1 is 0.358 bits per heavy atom. The van der Waals surface area contributed by atoms with Crippen LogP contribution in [0.15, 0.2) is 85.1 Å². The molecule has 0 rings (SSSR count). The summed E-state index contributed by atoms with van der Waals surface area (Å²) < 4.78 is 60.6. The van der Waals surface area contributed by atoms with Gasteiger partial charge in [0.05, 0.1) is 26.4 Å². The highest BCUT2D eigenvalue weighted by Crippen LogP contribution is 2.45. The summed E-state index contributed by atoms with van der Waals surface area (Å²) in [7, 11) is -9.76. The number of rotatable bonds is 58. The first-order chi connectivity index (χ1) is 39.2. The zero-order valence-electron chi connectivity index (χ0n) is 50.2. The summed E-state index contributed by atoms with van der Waals surface area (Å²) in [6.45, 7) is 2.35. The molecule has 0 radical (unpaired) electrons. The van der Waals surface area contributed by atoms with Crippen molar-refractivity contribution in [1.82, 2.24) is 0 Å². The number of phosphoric ester groups is 2. The van der Waals surface area contributed by atoms with Crippen LogP contribution in [0.2, 0.25) is 0 Å². The molecule has 0 saturated carbocycles. The zero-order chi connectivity index (χ0) is 59.6. The molecule has 0 fully saturated rings. The highest BCUT2D eigenvalue weighted by atomic mass is 31.2. The van der Waals surface area contributed by atoms with Crippen molar-refractivity contribution in [2.24, 2.45) is 0 Å². The van der Waals surface area contributed by atoms with E-state index < -0.39 is 91.5 Å². The number of carbonyl (C=O) groups excluding carboxylic acids is 3. The molecule has 18 heteroatoms. The van der Waals surface area contributed by atoms with Gasteiger partial charge in [-0.15, -0.1) is 0 Å². The molecular formula is C63H110O16P2. The van der Waals surface area contributed by atoms with Gasteiger partial charge in [0.15, 0.2) is 6.10 Å². The van der Waals surface area contributed by atoms with Crippen LogP contribution in [0.5, 0.6) is 0 Å². The van der Waals surface area contributed by atoms with E-state index in [1.807, 2.05) is 0 Å². The highest BCUT2D eigenvalue weighted by molar-refractivity contribution is 7.47. The van der Waals surface area contributed by atoms with Gasteiger partial charge in [-0.05, 0) is 103 Å². The third-order valence-electron chi connectivity index (χ3n) is 12.6. The van der Waals surface area contributed by atoms with Gasteiger partial charge >= 0.3 is 33.6 Å². The van der Waals surface area contributed by atoms with Crippen LogP contribution >= 0.6 is 15.6 Å². The number of allylic oxidation sites excluding steroid dienone is 14. The summed E-state index contributed by atoms with van der Waals surface area (Å²) >= 11 is 0. The van der Waals surface area contributed by atoms with Gasteiger partial charge in [-0.1, -0.05) is 202 Å². The van der Waals surface area contributed by atoms with Gasteiger partial charge in [-0.3, -0.25) is 32.5 Å². The van der Waals surface area contributed by atoms with Crippen LogP contribution in [0.3, 0.4) is 0 Å². The minimum absolute atomic E-state index is 0.0914. The molecule has 0 heterocycles. The van der Waals surface area contributed by atoms with Crippen molar-refractivity contribution >= 4 is 33.6 Å². The lowest BCUT2D eigenvalue weighted by Gasteiger charge is -2.21. The second kappa shape index (κ2) is 57.2. The van der Waals surface area contributed by atoms with Crippen LogP contribution < -0.4 is 0 Å². The van der Waals surface area contributed by atoms with E-state index in [4.69, 9.17) is 32.3 Å². The van der Waals surface area contributed by atoms with Crippen LogP contribution in [0.25, 0.3) is 0 Å². The molecule has 0 aromatic rings. The van der Waals surface area contributed by atoms with E-state index in [-0.39, 0.29) is 19.3 Å². The van der Waals surface area contributed by atoms with Gasteiger partial charge in [0, 0.05) is 19.3 Å². The monoisotopic (exact) mass is 1180 g/mol. The average Bonchev–Trinajstić information content (AvgIpc) is 3.44. The van der Waals surface area contributed by atoms with E-state index >= 15 is 0 Å². The third-order valence-corrected chi connectivity index (χ3v) is 14.5. The predicted molar refractivity (Wildman–Crippen MR) is 325 cm³/mol. The fourth-order valence-electron chi connectivity index (χ4n) is 7.87. The number of hydrogen-bond donors (Lipinski definition) is 4. The molecule has 0 saturated heterocycles. The minimum Gasteiger partial charge on any atom is -0.463 e. The topological polar surface area (TPSA) is 231 Å². The number of phosphoric acid groups is 2. The van der Waals surface area contributed by atoms with Crippen molar-refractivity contribution in [3.05, 3.63) is 85.1 Å². The largest absolute Gasteiger partial charge is 0.472 e. The summed E-state index contributed by atoms with van der Waals surface area (Å²) in [5.41, 5.74) is 0. The van der Waals surface area contributed by atoms with Crippen LogP contribution in [-0.4, -0.2) is 95.9 Å². The smallest absolute Gasteiger partial charge is 0.463 e. The normalized spacial score (nSPS) is 15.0. The maximum absolute atomic E-state index is 12.8. The minimum atomic E-state index is -4.92. The molecule has 5 unspecified atom stereocenters. The van der Waals surface area contributed by atoms with Crippen LogP contribution in [0.1, 0.15) is 239 Å². The van der Waals surface area contributed by atoms with E-state index in [1.54, 1.807) is 0 Å². The summed E-state index contributed by atoms with van der Waals surface area (Å²) in [5.74, 6) is -1.61. The molecule has 468 valence electrons. The van der Waals surface area contributed by atoms with Gasteiger partial charge in [0.25, 0.3) is 0 Å². The Bertz CT molecular complexity index is 1830. The summed E-state index contributed by atoms with van der Waals surface area (Å²) in [6, 6.07) is 0. The molecule has 0 aliphatic carbocycles. The Morgan fingerprint density at radius 2 is 0.654 bits per heavy atom. The molecule has 0 spiro atoms. The summed E-state index contributed by atoms with van der Waals surface area (Å²) in [5, 5.41) is 20.5. The van der Waals surface area contributed by atoms with Crippen molar-refractivity contribution in [3.63, 3.8) is 0 Å². The molecule has 0 aromatic heterocycles. The van der Waals surface area contributed by atoms with Crippen LogP contribution in [0, 0.1) is 0 Å². The molecule has 81 heavy (non-hydrogen) atoms. The average molecular weight is 1190 g/mol. The molecule has 16 nitrogen and oxygen atoms in total. The van der Waals surface area contributed by atoms with Crippen molar-refractivity contribution < 1.29 is 75.8 Å². The first-order valence-corrected chi connectivity index (χ1v) is 33.9. The van der Waals surface area contributed by atoms with Gasteiger partial charge in [-0.25, -0.2) is 9.13 Å². The van der Waals surface area contributed by atoms with Crippen molar-refractivity contribution in [2.75, 3.05) is 39.6 Å². The Kier molecular flexibility index (Phi) is 54.9. The lowest BCUT2D eigenvalue weighted by molar-refractivity contribution is -0.161. The number of ether oxygens (including phenoxy) is 3. The number of unbranched alkanes of at least 4 members (excludes halogenated alkanes) is 21. The first-order valence-electron chi connectivity index (χ1n) is 30.9. The number of aliphatic hydroxyl groups excluding tert-OH is 2. The molecule has 4 N–H and O–H groups in total. The Morgan fingerprint density at radius 3 is 1.05 bits per heavy atom. The number of aliphatic hydroxyl groups is 2. The quantitative estimate of drug-likeness (QED) is 0.0146. The van der Waals surface area contributed by atoms with E-state index in [0.29, 0.717) is 19.3 Å². The van der Waals surface area contributed by atoms with Crippen molar-refractivity contribution in [3.8, 4) is 0 Å². The molecule has 0 bridgehead atoms. The van der Waals surface area contributed by atoms with E-state index in [9.17, 15) is 43.5 Å². The number of hydrogen-bond acceptors (Lipinski definition) is 14. The standard InChI is InChI=1S/C63H110O16P2/c1-4-7-10-13-16-19-22-24-26-28-30-32-35-37-40-43-46-49-61(66)73-52-58(64)53-75-80(69,70)76-54-59(65)55-77-81(71,72)78-57-60(79-63(68)51-48-45-42-39-34-21-18-15-12-9-6-3)56-74-62(67)50-47-44-41-38-36-33-31-29-27-25-23-20-17-14-11-8-5-2/h7-8,10-11,15-20,24-27,58-60,64-65H,4-6,9,12-14,21-23,28-57H2,1-3H3,(H,69,70)(H,71,72)/b10-7-,11-8-,18-15-,19-16-,20-17-,26-24-,27-25-. The van der Waals surface area contributed by atoms with Gasteiger partial charge in [0.2, 0.25) is 0 Å². The molecule has 0 amide bonds. The molecule has 5 atom stereocenters. The van der Waals surface area contributed by atoms with Crippen LogP contribution in [0.4, 0.5) is 0 Å². The zero-order valence-corrected chi connectivity index (χ0v) is 52.0. The second-order valence-corrected chi connectivity index (χ2v) is 23.3. The second-order valence-electron chi connectivity index (χ2n) is 20.4. The fourth-order valence-corrected chi connectivity index (χ4v) is 9.46.